The average molecular weight is 555 g/mol. The lowest BCUT2D eigenvalue weighted by molar-refractivity contribution is 0.122. The van der Waals surface area contributed by atoms with Crippen molar-refractivity contribution >= 4 is 28.1 Å². The van der Waals surface area contributed by atoms with E-state index < -0.39 is 11.6 Å². The summed E-state index contributed by atoms with van der Waals surface area (Å²) < 4.78 is 40.6. The highest BCUT2D eigenvalue weighted by Crippen LogP contribution is 2.40. The van der Waals surface area contributed by atoms with E-state index in [4.69, 9.17) is 14.5 Å². The van der Waals surface area contributed by atoms with Gasteiger partial charge in [0, 0.05) is 78.8 Å². The van der Waals surface area contributed by atoms with Crippen LogP contribution in [0.4, 0.5) is 26.0 Å². The number of pyridine rings is 4. The molecule has 0 radical (unpaired) electrons. The van der Waals surface area contributed by atoms with Gasteiger partial charge in [-0.3, -0.25) is 4.98 Å². The summed E-state index contributed by atoms with van der Waals surface area (Å²) in [5.41, 5.74) is 5.87. The van der Waals surface area contributed by atoms with Gasteiger partial charge in [0.05, 0.1) is 48.3 Å². The number of rotatable bonds is 6. The van der Waals surface area contributed by atoms with Crippen LogP contribution in [0.15, 0.2) is 61.2 Å². The van der Waals surface area contributed by atoms with Crippen LogP contribution >= 0.6 is 0 Å². The number of benzene rings is 1. The molecule has 208 valence electrons. The first-order valence-corrected chi connectivity index (χ1v) is 13.2. The molecule has 6 rings (SSSR count). The predicted molar refractivity (Wildman–Crippen MR) is 155 cm³/mol. The zero-order valence-electron chi connectivity index (χ0n) is 22.9. The van der Waals surface area contributed by atoms with Gasteiger partial charge in [-0.2, -0.15) is 0 Å². The Morgan fingerprint density at radius 2 is 1.76 bits per heavy atom. The topological polar surface area (TPSA) is 85.3 Å². The standard InChI is InChI=1S/C31H28F2N6O2/c1-18-10-21(15-34-14-18)30-19(2)31(29-24(33)11-22(32)12-26(29)38-30)37-25-13-27(39-6-8-41-9-7-39)35-17-23(25)20-4-5-28(40-3)36-16-20/h4-5,10-17H,6-9H2,1-3H3,(H,35,37,38). The molecular weight excluding hydrogens is 526 g/mol. The minimum Gasteiger partial charge on any atom is -0.481 e. The fourth-order valence-electron chi connectivity index (χ4n) is 5.07. The van der Waals surface area contributed by atoms with Crippen molar-refractivity contribution < 1.29 is 18.3 Å². The van der Waals surface area contributed by atoms with Gasteiger partial charge in [0.1, 0.15) is 17.5 Å². The largest absolute Gasteiger partial charge is 0.481 e. The zero-order valence-corrected chi connectivity index (χ0v) is 22.9. The van der Waals surface area contributed by atoms with E-state index >= 15 is 4.39 Å². The van der Waals surface area contributed by atoms with Gasteiger partial charge in [0.15, 0.2) is 0 Å². The summed E-state index contributed by atoms with van der Waals surface area (Å²) >= 11 is 0. The van der Waals surface area contributed by atoms with Gasteiger partial charge < -0.3 is 19.7 Å². The number of halogens is 2. The molecule has 0 saturated carbocycles. The Hall–Kier alpha value is -4.70. The minimum atomic E-state index is -0.706. The molecular formula is C31H28F2N6O2. The normalized spacial score (nSPS) is 13.4. The zero-order chi connectivity index (χ0) is 28.5. The van der Waals surface area contributed by atoms with Crippen LogP contribution in [-0.2, 0) is 4.74 Å². The monoisotopic (exact) mass is 554 g/mol. The summed E-state index contributed by atoms with van der Waals surface area (Å²) in [7, 11) is 1.56. The molecule has 1 aromatic carbocycles. The second-order valence-electron chi connectivity index (χ2n) is 9.89. The highest BCUT2D eigenvalue weighted by molar-refractivity contribution is 5.99. The molecule has 0 atom stereocenters. The highest BCUT2D eigenvalue weighted by Gasteiger charge is 2.21. The Kier molecular flexibility index (Phi) is 7.15. The van der Waals surface area contributed by atoms with E-state index in [9.17, 15) is 4.39 Å². The number of morpholine rings is 1. The quantitative estimate of drug-likeness (QED) is 0.264. The number of methoxy groups -OCH3 is 1. The summed E-state index contributed by atoms with van der Waals surface area (Å²) in [6.45, 7) is 6.41. The Morgan fingerprint density at radius 3 is 2.49 bits per heavy atom. The minimum absolute atomic E-state index is 0.191. The number of nitrogens with zero attached hydrogens (tertiary/aromatic N) is 5. The molecule has 5 heterocycles. The van der Waals surface area contributed by atoms with Gasteiger partial charge in [0.25, 0.3) is 0 Å². The van der Waals surface area contributed by atoms with E-state index in [0.29, 0.717) is 54.8 Å². The summed E-state index contributed by atoms with van der Waals surface area (Å²) in [5.74, 6) is -0.166. The van der Waals surface area contributed by atoms with Gasteiger partial charge in [-0.05, 0) is 37.1 Å². The number of anilines is 3. The first-order chi connectivity index (χ1) is 19.9. The molecule has 1 aliphatic heterocycles. The second kappa shape index (κ2) is 11.1. The SMILES string of the molecule is COc1ccc(-c2cnc(N3CCOCC3)cc2Nc2c(C)c(-c3cncc(C)c3)nc3cc(F)cc(F)c23)cn1. The maximum Gasteiger partial charge on any atom is 0.212 e. The summed E-state index contributed by atoms with van der Waals surface area (Å²) in [5, 5.41) is 3.69. The number of nitrogens with one attached hydrogen (secondary N) is 1. The van der Waals surface area contributed by atoms with Crippen LogP contribution in [0.1, 0.15) is 11.1 Å². The van der Waals surface area contributed by atoms with Crippen LogP contribution in [0.2, 0.25) is 0 Å². The molecule has 41 heavy (non-hydrogen) atoms. The van der Waals surface area contributed by atoms with Crippen molar-refractivity contribution in [1.82, 2.24) is 19.9 Å². The molecule has 4 aromatic heterocycles. The first kappa shape index (κ1) is 26.5. The third kappa shape index (κ3) is 5.26. The van der Waals surface area contributed by atoms with Crippen molar-refractivity contribution in [3.63, 3.8) is 0 Å². The van der Waals surface area contributed by atoms with E-state index in [1.165, 1.54) is 6.07 Å². The molecule has 0 amide bonds. The molecule has 0 aliphatic carbocycles. The van der Waals surface area contributed by atoms with Crippen molar-refractivity contribution in [2.24, 2.45) is 0 Å². The van der Waals surface area contributed by atoms with Gasteiger partial charge >= 0.3 is 0 Å². The number of hydrogen-bond donors (Lipinski definition) is 1. The molecule has 1 aliphatic rings. The van der Waals surface area contributed by atoms with Crippen LogP contribution in [0.3, 0.4) is 0 Å². The average Bonchev–Trinajstić information content (AvgIpc) is 2.98. The second-order valence-corrected chi connectivity index (χ2v) is 9.89. The van der Waals surface area contributed by atoms with Crippen LogP contribution in [0.5, 0.6) is 5.88 Å². The van der Waals surface area contributed by atoms with Crippen molar-refractivity contribution in [3.05, 3.63) is 83.9 Å². The van der Waals surface area contributed by atoms with E-state index in [-0.39, 0.29) is 10.9 Å². The Balaban J connectivity index is 1.56. The highest BCUT2D eigenvalue weighted by atomic mass is 19.1. The predicted octanol–water partition coefficient (Wildman–Crippen LogP) is 6.24. The van der Waals surface area contributed by atoms with Gasteiger partial charge in [-0.15, -0.1) is 0 Å². The Labute approximate surface area is 236 Å². The number of ether oxygens (including phenoxy) is 2. The molecule has 1 N–H and O–H groups in total. The fourth-order valence-corrected chi connectivity index (χ4v) is 5.07. The number of aromatic nitrogens is 4. The van der Waals surface area contributed by atoms with E-state index in [0.717, 1.165) is 34.1 Å². The summed E-state index contributed by atoms with van der Waals surface area (Å²) in [6.07, 6.45) is 6.92. The third-order valence-corrected chi connectivity index (χ3v) is 7.14. The summed E-state index contributed by atoms with van der Waals surface area (Å²) in [6, 6.07) is 9.67. The molecule has 5 aromatic rings. The van der Waals surface area contributed by atoms with Crippen LogP contribution < -0.4 is 15.0 Å². The Morgan fingerprint density at radius 1 is 0.927 bits per heavy atom. The summed E-state index contributed by atoms with van der Waals surface area (Å²) in [4.78, 5) is 20.2. The molecule has 0 unspecified atom stereocenters. The van der Waals surface area contributed by atoms with Gasteiger partial charge in [-0.25, -0.2) is 23.7 Å². The molecule has 8 nitrogen and oxygen atoms in total. The van der Waals surface area contributed by atoms with Gasteiger partial charge in [0.2, 0.25) is 5.88 Å². The fraction of sp³-hybridized carbons (Fsp3) is 0.226. The van der Waals surface area contributed by atoms with Crippen molar-refractivity contribution in [1.29, 1.82) is 0 Å². The third-order valence-electron chi connectivity index (χ3n) is 7.14. The molecule has 10 heteroatoms. The lowest BCUT2D eigenvalue weighted by atomic mass is 10.0. The van der Waals surface area contributed by atoms with Crippen LogP contribution in [0, 0.1) is 25.5 Å². The molecule has 1 fully saturated rings. The maximum absolute atomic E-state index is 15.5. The molecule has 0 bridgehead atoms. The smallest absolute Gasteiger partial charge is 0.212 e. The van der Waals surface area contributed by atoms with E-state index in [1.54, 1.807) is 38.0 Å². The lowest BCUT2D eigenvalue weighted by Crippen LogP contribution is -2.36. The van der Waals surface area contributed by atoms with Crippen molar-refractivity contribution in [3.8, 4) is 28.3 Å². The van der Waals surface area contributed by atoms with Crippen LogP contribution in [0.25, 0.3) is 33.3 Å². The number of aryl methyl sites for hydroxylation is 1. The lowest BCUT2D eigenvalue weighted by Gasteiger charge is -2.28. The van der Waals surface area contributed by atoms with E-state index in [1.807, 2.05) is 32.0 Å². The van der Waals surface area contributed by atoms with E-state index in [2.05, 4.69) is 25.2 Å². The number of hydrogen-bond acceptors (Lipinski definition) is 8. The molecule has 1 saturated heterocycles. The Bertz CT molecular complexity index is 1740. The number of fused-ring (bicyclic) bond motifs is 1. The van der Waals surface area contributed by atoms with Gasteiger partial charge in [-0.1, -0.05) is 0 Å². The maximum atomic E-state index is 15.5. The van der Waals surface area contributed by atoms with Crippen molar-refractivity contribution in [2.75, 3.05) is 43.6 Å². The van der Waals surface area contributed by atoms with Crippen LogP contribution in [-0.4, -0.2) is 53.3 Å². The first-order valence-electron chi connectivity index (χ1n) is 13.2. The van der Waals surface area contributed by atoms with Crippen molar-refractivity contribution in [2.45, 2.75) is 13.8 Å². The molecule has 0 spiro atoms.